The van der Waals surface area contributed by atoms with E-state index in [9.17, 15) is 9.18 Å². The summed E-state index contributed by atoms with van der Waals surface area (Å²) in [5, 5.41) is 0. The highest BCUT2D eigenvalue weighted by molar-refractivity contribution is 6.04. The summed E-state index contributed by atoms with van der Waals surface area (Å²) in [6, 6.07) is 2.93. The maximum atomic E-state index is 14.6. The van der Waals surface area contributed by atoms with Gasteiger partial charge in [0.05, 0.1) is 11.3 Å². The molecule has 1 amide bonds. The molecule has 9 nitrogen and oxygen atoms in total. The zero-order valence-electron chi connectivity index (χ0n) is 16.0. The molecule has 4 heterocycles. The van der Waals surface area contributed by atoms with E-state index < -0.39 is 17.8 Å². The fourth-order valence-electron chi connectivity index (χ4n) is 3.78. The van der Waals surface area contributed by atoms with Crippen LogP contribution in [0.3, 0.4) is 0 Å². The number of carbonyl (C=O) groups is 1. The molecule has 3 aliphatic heterocycles. The zero-order valence-corrected chi connectivity index (χ0v) is 16.0. The topological polar surface area (TPSA) is 129 Å². The molecule has 3 aliphatic rings. The van der Waals surface area contributed by atoms with Crippen molar-refractivity contribution in [1.82, 2.24) is 9.88 Å². The summed E-state index contributed by atoms with van der Waals surface area (Å²) >= 11 is 0. The zero-order chi connectivity index (χ0) is 21.0. The molecule has 1 aromatic heterocycles. The molecule has 0 saturated carbocycles. The first kappa shape index (κ1) is 18.2. The number of ether oxygens (including phenoxy) is 2. The van der Waals surface area contributed by atoms with E-state index in [4.69, 9.17) is 25.4 Å². The van der Waals surface area contributed by atoms with Crippen molar-refractivity contribution in [2.45, 2.75) is 19.4 Å². The Balaban J connectivity index is 1.59. The molecule has 0 saturated heterocycles. The predicted octanol–water partition coefficient (Wildman–Crippen LogP) is 1.91. The summed E-state index contributed by atoms with van der Waals surface area (Å²) in [7, 11) is 0. The number of amidine groups is 1. The van der Waals surface area contributed by atoms with E-state index in [0.29, 0.717) is 41.4 Å². The van der Waals surface area contributed by atoms with E-state index in [-0.39, 0.29) is 11.6 Å². The Labute approximate surface area is 170 Å². The minimum Gasteiger partial charge on any atom is -0.493 e. The Kier molecular flexibility index (Phi) is 4.02. The van der Waals surface area contributed by atoms with Crippen LogP contribution in [-0.2, 0) is 14.3 Å². The molecule has 1 atom stereocenters. The monoisotopic (exact) mass is 411 g/mol. The van der Waals surface area contributed by atoms with Gasteiger partial charge in [-0.3, -0.25) is 4.79 Å². The molecule has 154 valence electrons. The van der Waals surface area contributed by atoms with Gasteiger partial charge in [-0.05, 0) is 31.1 Å². The molecule has 0 fully saturated rings. The number of hydrogen-bond donors (Lipinski definition) is 2. The van der Waals surface area contributed by atoms with Crippen LogP contribution in [0.15, 0.2) is 56.6 Å². The number of oxazole rings is 1. The first-order valence-corrected chi connectivity index (χ1v) is 9.34. The van der Waals surface area contributed by atoms with Gasteiger partial charge in [0.15, 0.2) is 23.3 Å². The van der Waals surface area contributed by atoms with Gasteiger partial charge in [0, 0.05) is 18.3 Å². The summed E-state index contributed by atoms with van der Waals surface area (Å²) in [4.78, 5) is 22.0. The summed E-state index contributed by atoms with van der Waals surface area (Å²) in [5.74, 6) is -0.225. The normalized spacial score (nSPS) is 18.9. The van der Waals surface area contributed by atoms with Crippen molar-refractivity contribution in [3.63, 3.8) is 0 Å². The molecular weight excluding hydrogens is 393 g/mol. The third kappa shape index (κ3) is 2.79. The van der Waals surface area contributed by atoms with Crippen LogP contribution in [0.2, 0.25) is 0 Å². The van der Waals surface area contributed by atoms with Crippen molar-refractivity contribution in [3.8, 4) is 0 Å². The summed E-state index contributed by atoms with van der Waals surface area (Å²) in [6.07, 6.45) is 3.00. The largest absolute Gasteiger partial charge is 0.493 e. The number of fused-ring (bicyclic) bond motifs is 1. The standard InChI is InChI=1S/C20H18FN5O4/c1-9(18(22)27)29-15-8-28-7-10-2-3-26-16(10)12(15)6-24-19(26)11-4-13(21)17-14(5-11)25-20(23)30-17/h4-6,8-9H,2-3,7H2,1H3,(H2,22,27)(H2,23,25). The second kappa shape index (κ2) is 6.61. The average molecular weight is 411 g/mol. The van der Waals surface area contributed by atoms with Gasteiger partial charge in [0.1, 0.15) is 24.2 Å². The number of benzene rings is 1. The molecule has 30 heavy (non-hydrogen) atoms. The second-order valence-electron chi connectivity index (χ2n) is 7.16. The average Bonchev–Trinajstić information content (AvgIpc) is 3.25. The molecule has 0 aliphatic carbocycles. The number of nitrogen functional groups attached to an aromatic ring is 1. The Bertz CT molecular complexity index is 1210. The Morgan fingerprint density at radius 3 is 3.03 bits per heavy atom. The lowest BCUT2D eigenvalue weighted by molar-refractivity contribution is -0.126. The quantitative estimate of drug-likeness (QED) is 0.786. The van der Waals surface area contributed by atoms with Crippen molar-refractivity contribution in [1.29, 1.82) is 0 Å². The third-order valence-corrected chi connectivity index (χ3v) is 5.21. The maximum absolute atomic E-state index is 14.6. The van der Waals surface area contributed by atoms with E-state index in [0.717, 1.165) is 17.7 Å². The Hall–Kier alpha value is -3.82. The fraction of sp³-hybridized carbons (Fsp3) is 0.250. The van der Waals surface area contributed by atoms with Gasteiger partial charge in [-0.15, -0.1) is 0 Å². The van der Waals surface area contributed by atoms with Crippen LogP contribution in [0.4, 0.5) is 10.4 Å². The van der Waals surface area contributed by atoms with Crippen molar-refractivity contribution in [2.24, 2.45) is 10.7 Å². The van der Waals surface area contributed by atoms with Crippen LogP contribution in [0.25, 0.3) is 11.1 Å². The van der Waals surface area contributed by atoms with Gasteiger partial charge in [0.25, 0.3) is 11.9 Å². The number of rotatable bonds is 4. The molecule has 5 rings (SSSR count). The number of aromatic nitrogens is 1. The number of nitrogens with zero attached hydrogens (tertiary/aromatic N) is 3. The van der Waals surface area contributed by atoms with E-state index in [1.165, 1.54) is 12.3 Å². The second-order valence-corrected chi connectivity index (χ2v) is 7.16. The van der Waals surface area contributed by atoms with E-state index in [1.807, 2.05) is 4.90 Å². The van der Waals surface area contributed by atoms with Crippen LogP contribution < -0.4 is 11.5 Å². The van der Waals surface area contributed by atoms with Crippen molar-refractivity contribution in [2.75, 3.05) is 18.9 Å². The van der Waals surface area contributed by atoms with Crippen molar-refractivity contribution < 1.29 is 23.1 Å². The molecule has 1 aromatic carbocycles. The lowest BCUT2D eigenvalue weighted by Crippen LogP contribution is -2.33. The summed E-state index contributed by atoms with van der Waals surface area (Å²) in [5.41, 5.74) is 14.4. The molecule has 10 heteroatoms. The van der Waals surface area contributed by atoms with Crippen LogP contribution in [0, 0.1) is 5.82 Å². The predicted molar refractivity (Wildman–Crippen MR) is 105 cm³/mol. The molecular formula is C20H18FN5O4. The van der Waals surface area contributed by atoms with Crippen LogP contribution in [0.5, 0.6) is 0 Å². The lowest BCUT2D eigenvalue weighted by atomic mass is 10.0. The minimum absolute atomic E-state index is 0.00661. The van der Waals surface area contributed by atoms with Gasteiger partial charge >= 0.3 is 0 Å². The lowest BCUT2D eigenvalue weighted by Gasteiger charge is -2.29. The van der Waals surface area contributed by atoms with Gasteiger partial charge in [-0.1, -0.05) is 0 Å². The number of amides is 1. The number of halogens is 1. The Morgan fingerprint density at radius 2 is 2.23 bits per heavy atom. The molecule has 0 radical (unpaired) electrons. The van der Waals surface area contributed by atoms with Crippen molar-refractivity contribution in [3.05, 3.63) is 58.6 Å². The third-order valence-electron chi connectivity index (χ3n) is 5.21. The highest BCUT2D eigenvalue weighted by Gasteiger charge is 2.36. The summed E-state index contributed by atoms with van der Waals surface area (Å²) in [6.45, 7) is 2.58. The van der Waals surface area contributed by atoms with Gasteiger partial charge < -0.3 is 30.3 Å². The minimum atomic E-state index is -0.836. The van der Waals surface area contributed by atoms with Gasteiger partial charge in [0.2, 0.25) is 0 Å². The van der Waals surface area contributed by atoms with Crippen LogP contribution in [-0.4, -0.2) is 40.9 Å². The fourth-order valence-corrected chi connectivity index (χ4v) is 3.78. The summed E-state index contributed by atoms with van der Waals surface area (Å²) < 4.78 is 31.0. The number of nitrogens with two attached hydrogens (primary N) is 2. The van der Waals surface area contributed by atoms with Gasteiger partial charge in [-0.25, -0.2) is 9.38 Å². The highest BCUT2D eigenvalue weighted by atomic mass is 19.1. The molecule has 0 bridgehead atoms. The smallest absolute Gasteiger partial charge is 0.293 e. The van der Waals surface area contributed by atoms with E-state index >= 15 is 0 Å². The van der Waals surface area contributed by atoms with E-state index in [1.54, 1.807) is 19.2 Å². The van der Waals surface area contributed by atoms with Crippen molar-refractivity contribution >= 4 is 28.9 Å². The molecule has 2 aromatic rings. The number of anilines is 1. The Morgan fingerprint density at radius 1 is 1.40 bits per heavy atom. The van der Waals surface area contributed by atoms with Crippen LogP contribution >= 0.6 is 0 Å². The molecule has 0 spiro atoms. The van der Waals surface area contributed by atoms with Crippen LogP contribution in [0.1, 0.15) is 18.9 Å². The first-order valence-electron chi connectivity index (χ1n) is 9.34. The maximum Gasteiger partial charge on any atom is 0.293 e. The number of hydrogen-bond acceptors (Lipinski definition) is 8. The SMILES string of the molecule is CC(OC1=COCC2=C3C1=CN=C(c1cc(F)c4oc(N)nc4c1)N3CC2)C(N)=O. The van der Waals surface area contributed by atoms with Gasteiger partial charge in [-0.2, -0.15) is 4.98 Å². The molecule has 4 N–H and O–H groups in total. The first-order chi connectivity index (χ1) is 14.4. The van der Waals surface area contributed by atoms with E-state index in [2.05, 4.69) is 9.98 Å². The number of primary amides is 1. The number of carbonyl (C=O) groups excluding carboxylic acids is 1. The molecule has 1 unspecified atom stereocenters. The number of aliphatic imine (C=N–C) groups is 1. The highest BCUT2D eigenvalue weighted by Crippen LogP contribution is 2.39.